The molecule has 1 aliphatic rings. The number of rotatable bonds is 4. The molecule has 1 saturated carbocycles. The number of halogens is 1. The summed E-state index contributed by atoms with van der Waals surface area (Å²) in [4.78, 5) is 6.22. The molecule has 0 amide bonds. The third-order valence-electron chi connectivity index (χ3n) is 3.66. The van der Waals surface area contributed by atoms with Gasteiger partial charge in [0, 0.05) is 20.6 Å². The fourth-order valence-corrected chi connectivity index (χ4v) is 2.55. The van der Waals surface area contributed by atoms with Crippen molar-refractivity contribution in [2.45, 2.75) is 37.8 Å². The standard InChI is InChI=1S/C14H23N3O2.HI/c1-15-13(16-11-14(18)7-3-4-8-14)17(2)10-12-6-5-9-19-12;/h5-6,9,18H,3-4,7-8,10-11H2,1-2H3,(H,15,16);1H. The van der Waals surface area contributed by atoms with Crippen LogP contribution in [0.15, 0.2) is 27.8 Å². The van der Waals surface area contributed by atoms with Gasteiger partial charge in [-0.2, -0.15) is 0 Å². The topological polar surface area (TPSA) is 61.0 Å². The SMILES string of the molecule is CN=C(NCC1(O)CCCC1)N(C)Cc1ccco1.I. The number of aliphatic imine (C=N–C) groups is 1. The fraction of sp³-hybridized carbons (Fsp3) is 0.643. The molecule has 0 bridgehead atoms. The predicted molar refractivity (Wildman–Crippen MR) is 90.4 cm³/mol. The molecule has 114 valence electrons. The summed E-state index contributed by atoms with van der Waals surface area (Å²) < 4.78 is 5.32. The van der Waals surface area contributed by atoms with Gasteiger partial charge in [0.25, 0.3) is 0 Å². The largest absolute Gasteiger partial charge is 0.467 e. The molecule has 2 N–H and O–H groups in total. The van der Waals surface area contributed by atoms with Gasteiger partial charge >= 0.3 is 0 Å². The van der Waals surface area contributed by atoms with Crippen molar-refractivity contribution in [3.63, 3.8) is 0 Å². The molecule has 0 spiro atoms. The smallest absolute Gasteiger partial charge is 0.193 e. The Morgan fingerprint density at radius 1 is 1.50 bits per heavy atom. The van der Waals surface area contributed by atoms with Crippen molar-refractivity contribution in [1.29, 1.82) is 0 Å². The van der Waals surface area contributed by atoms with Crippen molar-refractivity contribution in [2.75, 3.05) is 20.6 Å². The molecule has 1 aromatic heterocycles. The van der Waals surface area contributed by atoms with E-state index in [4.69, 9.17) is 4.42 Å². The number of furan rings is 1. The maximum atomic E-state index is 10.3. The summed E-state index contributed by atoms with van der Waals surface area (Å²) in [7, 11) is 3.70. The highest BCUT2D eigenvalue weighted by Gasteiger charge is 2.31. The van der Waals surface area contributed by atoms with Crippen LogP contribution in [0.3, 0.4) is 0 Å². The van der Waals surface area contributed by atoms with Crippen LogP contribution in [-0.4, -0.2) is 42.2 Å². The van der Waals surface area contributed by atoms with Crippen molar-refractivity contribution >= 4 is 29.9 Å². The number of guanidine groups is 1. The van der Waals surface area contributed by atoms with Crippen LogP contribution in [0.5, 0.6) is 0 Å². The molecule has 0 radical (unpaired) electrons. The maximum Gasteiger partial charge on any atom is 0.193 e. The van der Waals surface area contributed by atoms with Crippen LogP contribution in [0, 0.1) is 0 Å². The van der Waals surface area contributed by atoms with Gasteiger partial charge in [0.1, 0.15) is 5.76 Å². The lowest BCUT2D eigenvalue weighted by Crippen LogP contribution is -2.46. The summed E-state index contributed by atoms with van der Waals surface area (Å²) >= 11 is 0. The van der Waals surface area contributed by atoms with E-state index >= 15 is 0 Å². The summed E-state index contributed by atoms with van der Waals surface area (Å²) in [5.41, 5.74) is -0.568. The molecule has 5 nitrogen and oxygen atoms in total. The van der Waals surface area contributed by atoms with E-state index in [-0.39, 0.29) is 24.0 Å². The van der Waals surface area contributed by atoms with Gasteiger partial charge in [-0.15, -0.1) is 24.0 Å². The molecule has 0 aromatic carbocycles. The number of nitrogens with zero attached hydrogens (tertiary/aromatic N) is 2. The molecule has 20 heavy (non-hydrogen) atoms. The summed E-state index contributed by atoms with van der Waals surface area (Å²) in [5.74, 6) is 1.67. The summed E-state index contributed by atoms with van der Waals surface area (Å²) in [6.45, 7) is 1.22. The van der Waals surface area contributed by atoms with Crippen LogP contribution in [-0.2, 0) is 6.54 Å². The Morgan fingerprint density at radius 3 is 2.75 bits per heavy atom. The molecular formula is C14H24IN3O2. The minimum atomic E-state index is -0.568. The first kappa shape index (κ1) is 17.3. The Labute approximate surface area is 137 Å². The molecule has 1 heterocycles. The van der Waals surface area contributed by atoms with Gasteiger partial charge in [-0.25, -0.2) is 0 Å². The average molecular weight is 393 g/mol. The molecule has 1 aliphatic carbocycles. The molecule has 0 atom stereocenters. The lowest BCUT2D eigenvalue weighted by molar-refractivity contribution is 0.0516. The van der Waals surface area contributed by atoms with Gasteiger partial charge in [-0.1, -0.05) is 12.8 Å². The van der Waals surface area contributed by atoms with E-state index in [9.17, 15) is 5.11 Å². The number of hydrogen-bond donors (Lipinski definition) is 2. The predicted octanol–water partition coefficient (Wildman–Crippen LogP) is 2.21. The molecule has 0 unspecified atom stereocenters. The van der Waals surface area contributed by atoms with Gasteiger partial charge in [-0.3, -0.25) is 4.99 Å². The maximum absolute atomic E-state index is 10.3. The van der Waals surface area contributed by atoms with Crippen molar-refractivity contribution in [3.05, 3.63) is 24.2 Å². The van der Waals surface area contributed by atoms with Crippen molar-refractivity contribution < 1.29 is 9.52 Å². The average Bonchev–Trinajstić information content (AvgIpc) is 3.02. The van der Waals surface area contributed by atoms with Gasteiger partial charge in [-0.05, 0) is 25.0 Å². The minimum Gasteiger partial charge on any atom is -0.467 e. The highest BCUT2D eigenvalue weighted by Crippen LogP contribution is 2.28. The molecule has 0 saturated heterocycles. The zero-order valence-corrected chi connectivity index (χ0v) is 14.5. The van der Waals surface area contributed by atoms with Crippen molar-refractivity contribution in [2.24, 2.45) is 4.99 Å². The lowest BCUT2D eigenvalue weighted by atomic mass is 10.0. The molecule has 1 fully saturated rings. The van der Waals surface area contributed by atoms with Crippen LogP contribution in [0.1, 0.15) is 31.4 Å². The quantitative estimate of drug-likeness (QED) is 0.468. The molecule has 2 rings (SSSR count). The third kappa shape index (κ3) is 4.66. The first-order valence-electron chi connectivity index (χ1n) is 6.79. The molecule has 1 aromatic rings. The molecule has 0 aliphatic heterocycles. The van der Waals surface area contributed by atoms with Gasteiger partial charge in [0.05, 0.1) is 18.4 Å². The second-order valence-corrected chi connectivity index (χ2v) is 5.27. The van der Waals surface area contributed by atoms with Crippen LogP contribution in [0.4, 0.5) is 0 Å². The first-order valence-corrected chi connectivity index (χ1v) is 6.79. The fourth-order valence-electron chi connectivity index (χ4n) is 2.55. The van der Waals surface area contributed by atoms with E-state index in [1.807, 2.05) is 24.1 Å². The monoisotopic (exact) mass is 393 g/mol. The zero-order valence-electron chi connectivity index (χ0n) is 12.1. The summed E-state index contributed by atoms with van der Waals surface area (Å²) in [5, 5.41) is 13.6. The Hall–Kier alpha value is -0.760. The van der Waals surface area contributed by atoms with E-state index in [2.05, 4.69) is 10.3 Å². The number of hydrogen-bond acceptors (Lipinski definition) is 3. The Kier molecular flexibility index (Phi) is 6.81. The normalized spacial score (nSPS) is 17.6. The highest BCUT2D eigenvalue weighted by atomic mass is 127. The second-order valence-electron chi connectivity index (χ2n) is 5.27. The van der Waals surface area contributed by atoms with Crippen LogP contribution in [0.25, 0.3) is 0 Å². The summed E-state index contributed by atoms with van der Waals surface area (Å²) in [6.07, 6.45) is 5.64. The zero-order chi connectivity index (χ0) is 13.7. The van der Waals surface area contributed by atoms with Gasteiger partial charge in [0.2, 0.25) is 0 Å². The number of aliphatic hydroxyl groups is 1. The first-order chi connectivity index (χ1) is 9.13. The van der Waals surface area contributed by atoms with Crippen molar-refractivity contribution in [1.82, 2.24) is 10.2 Å². The van der Waals surface area contributed by atoms with Crippen LogP contribution >= 0.6 is 24.0 Å². The molecule has 6 heteroatoms. The Morgan fingerprint density at radius 2 is 2.20 bits per heavy atom. The number of nitrogens with one attached hydrogen (secondary N) is 1. The summed E-state index contributed by atoms with van der Waals surface area (Å²) in [6, 6.07) is 3.81. The van der Waals surface area contributed by atoms with Gasteiger partial charge < -0.3 is 19.7 Å². The third-order valence-corrected chi connectivity index (χ3v) is 3.66. The van der Waals surface area contributed by atoms with E-state index in [0.717, 1.165) is 37.4 Å². The second kappa shape index (κ2) is 7.87. The minimum absolute atomic E-state index is 0. The lowest BCUT2D eigenvalue weighted by Gasteiger charge is -2.27. The van der Waals surface area contributed by atoms with E-state index < -0.39 is 5.60 Å². The van der Waals surface area contributed by atoms with Crippen LogP contribution < -0.4 is 5.32 Å². The van der Waals surface area contributed by atoms with E-state index in [0.29, 0.717) is 13.1 Å². The van der Waals surface area contributed by atoms with Crippen molar-refractivity contribution in [3.8, 4) is 0 Å². The van der Waals surface area contributed by atoms with Gasteiger partial charge in [0.15, 0.2) is 5.96 Å². The van der Waals surface area contributed by atoms with E-state index in [1.165, 1.54) is 0 Å². The van der Waals surface area contributed by atoms with Crippen LogP contribution in [0.2, 0.25) is 0 Å². The molecular weight excluding hydrogens is 369 g/mol. The Balaban J connectivity index is 0.00000200. The van der Waals surface area contributed by atoms with E-state index in [1.54, 1.807) is 13.3 Å². The Bertz CT molecular complexity index is 414. The highest BCUT2D eigenvalue weighted by molar-refractivity contribution is 14.0.